The normalized spacial score (nSPS) is 11.5. The summed E-state index contributed by atoms with van der Waals surface area (Å²) in [5, 5.41) is 13.6. The zero-order chi connectivity index (χ0) is 31.3. The van der Waals surface area contributed by atoms with Crippen LogP contribution in [0.3, 0.4) is 0 Å². The van der Waals surface area contributed by atoms with E-state index in [9.17, 15) is 23.1 Å². The standard InChI is InChI=1S/C30H31Cl2N5O5S/c1-35(2)12-13-36(3)28-14-20(10-11-33-28)18-34-30(40)26-8-4-7-25-24(26)6-5-9-27(25)37(19-29(38)39)43(41,42)23-16-21(31)15-22(32)17-23/h4-11,14-17H,12-13,18-19H2,1-3H3,(H,34,40)(H,38,39). The molecular formula is C30H31Cl2N5O5S. The first-order valence-electron chi connectivity index (χ1n) is 13.2. The van der Waals surface area contributed by atoms with E-state index in [1.54, 1.807) is 36.5 Å². The Morgan fingerprint density at radius 1 is 0.907 bits per heavy atom. The summed E-state index contributed by atoms with van der Waals surface area (Å²) in [6, 6.07) is 17.1. The average molecular weight is 645 g/mol. The van der Waals surface area contributed by atoms with Gasteiger partial charge in [0.15, 0.2) is 0 Å². The first kappa shape index (κ1) is 32.0. The maximum Gasteiger partial charge on any atom is 0.324 e. The highest BCUT2D eigenvalue weighted by atomic mass is 35.5. The molecule has 0 spiro atoms. The second-order valence-corrected chi connectivity index (χ2v) is 12.9. The molecular weight excluding hydrogens is 613 g/mol. The molecule has 0 fully saturated rings. The number of carbonyl (C=O) groups is 2. The zero-order valence-electron chi connectivity index (χ0n) is 23.8. The Morgan fingerprint density at radius 2 is 1.58 bits per heavy atom. The van der Waals surface area contributed by atoms with Crippen molar-refractivity contribution in [2.75, 3.05) is 50.0 Å². The van der Waals surface area contributed by atoms with Crippen LogP contribution >= 0.6 is 23.2 Å². The number of benzene rings is 3. The van der Waals surface area contributed by atoms with Crippen LogP contribution in [-0.2, 0) is 21.4 Å². The molecule has 0 unspecified atom stereocenters. The molecule has 4 aromatic rings. The summed E-state index contributed by atoms with van der Waals surface area (Å²) < 4.78 is 28.2. The third-order valence-corrected chi connectivity index (χ3v) is 8.83. The number of amides is 1. The number of carboxylic acids is 1. The van der Waals surface area contributed by atoms with Gasteiger partial charge < -0.3 is 20.2 Å². The number of carboxylic acid groups (broad SMARTS) is 1. The van der Waals surface area contributed by atoms with Crippen molar-refractivity contribution in [3.8, 4) is 0 Å². The minimum atomic E-state index is -4.41. The highest BCUT2D eigenvalue weighted by Gasteiger charge is 2.29. The van der Waals surface area contributed by atoms with Gasteiger partial charge in [-0.3, -0.25) is 13.9 Å². The molecule has 0 radical (unpaired) electrons. The second-order valence-electron chi connectivity index (χ2n) is 10.1. The van der Waals surface area contributed by atoms with Gasteiger partial charge in [-0.15, -0.1) is 0 Å². The first-order chi connectivity index (χ1) is 20.4. The van der Waals surface area contributed by atoms with Crippen molar-refractivity contribution >= 4 is 67.4 Å². The Morgan fingerprint density at radius 3 is 2.26 bits per heavy atom. The highest BCUT2D eigenvalue weighted by Crippen LogP contribution is 2.34. The summed E-state index contributed by atoms with van der Waals surface area (Å²) in [5.41, 5.74) is 1.25. The average Bonchev–Trinajstić information content (AvgIpc) is 2.96. The molecule has 1 aromatic heterocycles. The zero-order valence-corrected chi connectivity index (χ0v) is 26.1. The van der Waals surface area contributed by atoms with Crippen LogP contribution < -0.4 is 14.5 Å². The highest BCUT2D eigenvalue weighted by molar-refractivity contribution is 7.93. The van der Waals surface area contributed by atoms with E-state index in [-0.39, 0.29) is 33.1 Å². The molecule has 13 heteroatoms. The first-order valence-corrected chi connectivity index (χ1v) is 15.4. The molecule has 2 N–H and O–H groups in total. The lowest BCUT2D eigenvalue weighted by molar-refractivity contribution is -0.135. The summed E-state index contributed by atoms with van der Waals surface area (Å²) in [6.07, 6.45) is 1.69. The number of halogens is 2. The summed E-state index contributed by atoms with van der Waals surface area (Å²) in [6.45, 7) is 1.02. The molecule has 4 rings (SSSR count). The predicted molar refractivity (Wildman–Crippen MR) is 170 cm³/mol. The van der Waals surface area contributed by atoms with Gasteiger partial charge in [0, 0.05) is 53.9 Å². The topological polar surface area (TPSA) is 123 Å². The van der Waals surface area contributed by atoms with Crippen molar-refractivity contribution in [2.45, 2.75) is 11.4 Å². The Labute approximate surface area is 260 Å². The molecule has 0 atom stereocenters. The van der Waals surface area contributed by atoms with E-state index in [0.717, 1.165) is 28.8 Å². The van der Waals surface area contributed by atoms with Crippen LogP contribution in [0.15, 0.2) is 77.8 Å². The third kappa shape index (κ3) is 7.74. The number of sulfonamides is 1. The number of anilines is 2. The molecule has 226 valence electrons. The summed E-state index contributed by atoms with van der Waals surface area (Å²) in [7, 11) is 1.54. The van der Waals surface area contributed by atoms with Gasteiger partial charge in [0.1, 0.15) is 12.4 Å². The molecule has 10 nitrogen and oxygen atoms in total. The van der Waals surface area contributed by atoms with Gasteiger partial charge in [-0.1, -0.05) is 47.5 Å². The Hall–Kier alpha value is -3.90. The van der Waals surface area contributed by atoms with Crippen molar-refractivity contribution in [3.05, 3.63) is 94.1 Å². The molecule has 3 aromatic carbocycles. The van der Waals surface area contributed by atoms with Crippen LogP contribution in [0, 0.1) is 0 Å². The predicted octanol–water partition coefficient (Wildman–Crippen LogP) is 4.75. The Kier molecular flexibility index (Phi) is 10.1. The molecule has 0 aliphatic carbocycles. The fraction of sp³-hybridized carbons (Fsp3) is 0.233. The number of aromatic nitrogens is 1. The summed E-state index contributed by atoms with van der Waals surface area (Å²) in [4.78, 5) is 33.5. The Bertz CT molecular complexity index is 1750. The largest absolute Gasteiger partial charge is 0.480 e. The Balaban J connectivity index is 1.65. The number of rotatable bonds is 12. The van der Waals surface area contributed by atoms with E-state index in [1.165, 1.54) is 24.3 Å². The van der Waals surface area contributed by atoms with Crippen LogP contribution in [0.4, 0.5) is 11.5 Å². The van der Waals surface area contributed by atoms with Gasteiger partial charge in [-0.05, 0) is 67.5 Å². The minimum Gasteiger partial charge on any atom is -0.480 e. The summed E-state index contributed by atoms with van der Waals surface area (Å²) in [5.74, 6) is -0.966. The van der Waals surface area contributed by atoms with E-state index >= 15 is 0 Å². The van der Waals surface area contributed by atoms with Crippen LogP contribution in [0.1, 0.15) is 15.9 Å². The lowest BCUT2D eigenvalue weighted by Gasteiger charge is -2.25. The monoisotopic (exact) mass is 643 g/mol. The summed E-state index contributed by atoms with van der Waals surface area (Å²) >= 11 is 12.1. The van der Waals surface area contributed by atoms with Crippen molar-refractivity contribution in [2.24, 2.45) is 0 Å². The van der Waals surface area contributed by atoms with Crippen LogP contribution in [0.25, 0.3) is 10.8 Å². The van der Waals surface area contributed by atoms with Gasteiger partial charge in [0.05, 0.1) is 10.6 Å². The molecule has 0 bridgehead atoms. The van der Waals surface area contributed by atoms with Gasteiger partial charge in [-0.25, -0.2) is 13.4 Å². The number of nitrogens with zero attached hydrogens (tertiary/aromatic N) is 4. The molecule has 1 heterocycles. The maximum absolute atomic E-state index is 13.7. The minimum absolute atomic E-state index is 0.0831. The van der Waals surface area contributed by atoms with E-state index < -0.39 is 22.5 Å². The lowest BCUT2D eigenvalue weighted by Crippen LogP contribution is -2.36. The van der Waals surface area contributed by atoms with E-state index in [0.29, 0.717) is 16.3 Å². The van der Waals surface area contributed by atoms with E-state index in [4.69, 9.17) is 23.2 Å². The quantitative estimate of drug-likeness (QED) is 0.227. The van der Waals surface area contributed by atoms with Crippen molar-refractivity contribution in [1.82, 2.24) is 15.2 Å². The number of hydrogen-bond acceptors (Lipinski definition) is 7. The number of carbonyl (C=O) groups excluding carboxylic acids is 1. The fourth-order valence-electron chi connectivity index (χ4n) is 4.46. The number of pyridine rings is 1. The molecule has 1 amide bonds. The van der Waals surface area contributed by atoms with Gasteiger partial charge in [0.25, 0.3) is 15.9 Å². The van der Waals surface area contributed by atoms with Crippen molar-refractivity contribution in [1.29, 1.82) is 0 Å². The van der Waals surface area contributed by atoms with E-state index in [2.05, 4.69) is 15.2 Å². The number of fused-ring (bicyclic) bond motifs is 1. The molecule has 0 aliphatic rings. The van der Waals surface area contributed by atoms with Gasteiger partial charge >= 0.3 is 5.97 Å². The van der Waals surface area contributed by atoms with Crippen LogP contribution in [0.5, 0.6) is 0 Å². The van der Waals surface area contributed by atoms with Gasteiger partial charge in [-0.2, -0.15) is 0 Å². The number of likely N-dealkylation sites (N-methyl/N-ethyl adjacent to an activating group) is 2. The lowest BCUT2D eigenvalue weighted by atomic mass is 10.0. The molecule has 43 heavy (non-hydrogen) atoms. The SMILES string of the molecule is CN(C)CCN(C)c1cc(CNC(=O)c2cccc3c(N(CC(=O)O)S(=O)(=O)c4cc(Cl)cc(Cl)c4)cccc23)ccn1. The van der Waals surface area contributed by atoms with Crippen molar-refractivity contribution in [3.63, 3.8) is 0 Å². The van der Waals surface area contributed by atoms with Crippen LogP contribution in [0.2, 0.25) is 10.0 Å². The van der Waals surface area contributed by atoms with Crippen molar-refractivity contribution < 1.29 is 23.1 Å². The fourth-order valence-corrected chi connectivity index (χ4v) is 6.62. The van der Waals surface area contributed by atoms with Crippen LogP contribution in [-0.4, -0.2) is 76.1 Å². The third-order valence-electron chi connectivity index (χ3n) is 6.65. The molecule has 0 saturated heterocycles. The molecule has 0 aliphatic heterocycles. The van der Waals surface area contributed by atoms with Gasteiger partial charge in [0.2, 0.25) is 0 Å². The number of nitrogens with one attached hydrogen (secondary N) is 1. The second kappa shape index (κ2) is 13.6. The van der Waals surface area contributed by atoms with E-state index in [1.807, 2.05) is 38.2 Å². The maximum atomic E-state index is 13.7. The number of hydrogen-bond donors (Lipinski definition) is 2. The molecule has 0 saturated carbocycles. The smallest absolute Gasteiger partial charge is 0.324 e. The number of aliphatic carboxylic acids is 1.